The van der Waals surface area contributed by atoms with E-state index in [4.69, 9.17) is 0 Å². The van der Waals surface area contributed by atoms with Gasteiger partial charge >= 0.3 is 5.97 Å². The maximum absolute atomic E-state index is 13.5. The van der Waals surface area contributed by atoms with Crippen molar-refractivity contribution in [3.63, 3.8) is 0 Å². The van der Waals surface area contributed by atoms with E-state index in [2.05, 4.69) is 9.99 Å². The van der Waals surface area contributed by atoms with Crippen molar-refractivity contribution >= 4 is 32.9 Å². The van der Waals surface area contributed by atoms with Crippen molar-refractivity contribution in [2.24, 2.45) is 5.16 Å². The summed E-state index contributed by atoms with van der Waals surface area (Å²) in [6.07, 6.45) is 0.0547. The van der Waals surface area contributed by atoms with Crippen molar-refractivity contribution in [2.75, 3.05) is 5.75 Å². The number of oxime groups is 1. The molecule has 0 spiro atoms. The molecule has 0 radical (unpaired) electrons. The number of hydrogen-bond acceptors (Lipinski definition) is 6. The fourth-order valence-electron chi connectivity index (χ4n) is 2.14. The average molecular weight is 357 g/mol. The Hall–Kier alpha value is -2.13. The molecule has 1 aliphatic heterocycles. The largest absolute Gasteiger partial charge is 0.371 e. The molecule has 23 heavy (non-hydrogen) atoms. The Morgan fingerprint density at radius 1 is 1.22 bits per heavy atom. The SMILES string of the molecule is O=C(O/N=C1\CCS(=O)(=O)c2sccc21)c1c(F)cccc1F. The van der Waals surface area contributed by atoms with Crippen molar-refractivity contribution < 1.29 is 26.8 Å². The molecule has 120 valence electrons. The van der Waals surface area contributed by atoms with E-state index in [1.807, 2.05) is 0 Å². The van der Waals surface area contributed by atoms with Crippen LogP contribution in [0.15, 0.2) is 39.0 Å². The van der Waals surface area contributed by atoms with Crippen LogP contribution >= 0.6 is 11.3 Å². The number of hydrogen-bond donors (Lipinski definition) is 0. The maximum Gasteiger partial charge on any atom is 0.371 e. The summed E-state index contributed by atoms with van der Waals surface area (Å²) in [5.74, 6) is -3.56. The number of sulfone groups is 1. The lowest BCUT2D eigenvalue weighted by atomic mass is 10.1. The minimum absolute atomic E-state index is 0.0547. The fraction of sp³-hybridized carbons (Fsp3) is 0.143. The number of thiophene rings is 1. The van der Waals surface area contributed by atoms with Gasteiger partial charge in [-0.15, -0.1) is 11.3 Å². The van der Waals surface area contributed by atoms with Gasteiger partial charge in [-0.2, -0.15) is 0 Å². The number of carbonyl (C=O) groups excluding carboxylic acids is 1. The first kappa shape index (κ1) is 15.8. The van der Waals surface area contributed by atoms with Crippen LogP contribution in [-0.4, -0.2) is 25.9 Å². The van der Waals surface area contributed by atoms with Gasteiger partial charge in [0.15, 0.2) is 9.84 Å². The Bertz CT molecular complexity index is 898. The van der Waals surface area contributed by atoms with Gasteiger partial charge in [0.05, 0.1) is 11.5 Å². The van der Waals surface area contributed by atoms with Crippen LogP contribution in [-0.2, 0) is 14.7 Å². The highest BCUT2D eigenvalue weighted by Gasteiger charge is 2.30. The van der Waals surface area contributed by atoms with Gasteiger partial charge in [0.2, 0.25) is 0 Å². The Kier molecular flexibility index (Phi) is 3.99. The molecule has 0 aliphatic carbocycles. The van der Waals surface area contributed by atoms with Crippen molar-refractivity contribution in [3.8, 4) is 0 Å². The van der Waals surface area contributed by atoms with Gasteiger partial charge in [0.1, 0.15) is 21.4 Å². The Balaban J connectivity index is 1.89. The Morgan fingerprint density at radius 3 is 2.61 bits per heavy atom. The van der Waals surface area contributed by atoms with Crippen LogP contribution in [0.3, 0.4) is 0 Å². The van der Waals surface area contributed by atoms with Crippen LogP contribution in [0.5, 0.6) is 0 Å². The van der Waals surface area contributed by atoms with Gasteiger partial charge in [-0.25, -0.2) is 22.0 Å². The molecule has 1 aliphatic rings. The van der Waals surface area contributed by atoms with E-state index in [0.29, 0.717) is 5.56 Å². The molecule has 0 bridgehead atoms. The second-order valence-electron chi connectivity index (χ2n) is 4.70. The molecule has 0 atom stereocenters. The molecule has 2 heterocycles. The Labute approximate surface area is 134 Å². The van der Waals surface area contributed by atoms with E-state index < -0.39 is 33.0 Å². The molecule has 0 saturated heterocycles. The van der Waals surface area contributed by atoms with Gasteiger partial charge in [0, 0.05) is 12.0 Å². The zero-order chi connectivity index (χ0) is 16.6. The highest BCUT2D eigenvalue weighted by atomic mass is 32.2. The van der Waals surface area contributed by atoms with E-state index in [0.717, 1.165) is 29.5 Å². The third kappa shape index (κ3) is 2.89. The summed E-state index contributed by atoms with van der Waals surface area (Å²) >= 11 is 1.04. The summed E-state index contributed by atoms with van der Waals surface area (Å²) in [7, 11) is -3.36. The molecular formula is C14H9F2NO4S2. The quantitative estimate of drug-likeness (QED) is 0.612. The average Bonchev–Trinajstić information content (AvgIpc) is 2.97. The van der Waals surface area contributed by atoms with Gasteiger partial charge in [-0.1, -0.05) is 11.2 Å². The summed E-state index contributed by atoms with van der Waals surface area (Å²) in [5.41, 5.74) is -0.241. The Morgan fingerprint density at radius 2 is 1.91 bits per heavy atom. The molecule has 0 fully saturated rings. The number of carbonyl (C=O) groups is 1. The summed E-state index contributed by atoms with van der Waals surface area (Å²) < 4.78 is 50.9. The van der Waals surface area contributed by atoms with Crippen LogP contribution in [0, 0.1) is 11.6 Å². The van der Waals surface area contributed by atoms with E-state index in [-0.39, 0.29) is 22.1 Å². The number of nitrogens with zero attached hydrogens (tertiary/aromatic N) is 1. The molecule has 0 amide bonds. The normalized spacial score (nSPS) is 17.7. The minimum atomic E-state index is -3.36. The zero-order valence-corrected chi connectivity index (χ0v) is 13.1. The zero-order valence-electron chi connectivity index (χ0n) is 11.5. The van der Waals surface area contributed by atoms with Crippen LogP contribution in [0.2, 0.25) is 0 Å². The topological polar surface area (TPSA) is 72.8 Å². The number of benzene rings is 1. The summed E-state index contributed by atoms with van der Waals surface area (Å²) in [4.78, 5) is 16.4. The lowest BCUT2D eigenvalue weighted by Gasteiger charge is -2.13. The van der Waals surface area contributed by atoms with Crippen LogP contribution in [0.25, 0.3) is 0 Å². The van der Waals surface area contributed by atoms with Crippen LogP contribution < -0.4 is 0 Å². The van der Waals surface area contributed by atoms with Crippen molar-refractivity contribution in [2.45, 2.75) is 10.6 Å². The van der Waals surface area contributed by atoms with Gasteiger partial charge in [0.25, 0.3) is 0 Å². The molecule has 1 aromatic carbocycles. The molecular weight excluding hydrogens is 348 g/mol. The smallest absolute Gasteiger partial charge is 0.312 e. The van der Waals surface area contributed by atoms with E-state index in [9.17, 15) is 22.0 Å². The molecule has 2 aromatic rings. The van der Waals surface area contributed by atoms with E-state index >= 15 is 0 Å². The predicted molar refractivity (Wildman–Crippen MR) is 79.3 cm³/mol. The molecule has 5 nitrogen and oxygen atoms in total. The van der Waals surface area contributed by atoms with E-state index in [1.165, 1.54) is 0 Å². The van der Waals surface area contributed by atoms with Crippen LogP contribution in [0.1, 0.15) is 22.3 Å². The number of halogens is 2. The first-order valence-electron chi connectivity index (χ1n) is 6.43. The highest BCUT2D eigenvalue weighted by molar-refractivity contribution is 7.93. The number of rotatable bonds is 2. The van der Waals surface area contributed by atoms with Crippen molar-refractivity contribution in [1.29, 1.82) is 0 Å². The summed E-state index contributed by atoms with van der Waals surface area (Å²) in [5, 5.41) is 5.18. The fourth-order valence-corrected chi connectivity index (χ4v) is 4.95. The first-order chi connectivity index (χ1) is 10.9. The summed E-state index contributed by atoms with van der Waals surface area (Å²) in [6, 6.07) is 4.53. The van der Waals surface area contributed by atoms with Crippen LogP contribution in [0.4, 0.5) is 8.78 Å². The standard InChI is InChI=1S/C14H9F2NO4S2/c15-9-2-1-3-10(16)12(9)13(18)21-17-11-5-7-23(19,20)14-8(11)4-6-22-14/h1-4,6H,5,7H2/b17-11+. The molecule has 0 unspecified atom stereocenters. The van der Waals surface area contributed by atoms with E-state index in [1.54, 1.807) is 11.4 Å². The third-order valence-electron chi connectivity index (χ3n) is 3.24. The molecule has 3 rings (SSSR count). The third-order valence-corrected chi connectivity index (χ3v) is 6.52. The lowest BCUT2D eigenvalue weighted by molar-refractivity contribution is 0.0504. The van der Waals surface area contributed by atoms with Gasteiger partial charge < -0.3 is 4.84 Å². The summed E-state index contributed by atoms with van der Waals surface area (Å²) in [6.45, 7) is 0. The molecule has 0 N–H and O–H groups in total. The van der Waals surface area contributed by atoms with Crippen molar-refractivity contribution in [3.05, 3.63) is 52.4 Å². The lowest BCUT2D eigenvalue weighted by Crippen LogP contribution is -2.20. The van der Waals surface area contributed by atoms with Gasteiger partial charge in [-0.3, -0.25) is 0 Å². The maximum atomic E-state index is 13.5. The predicted octanol–water partition coefficient (Wildman–Crippen LogP) is 2.76. The highest BCUT2D eigenvalue weighted by Crippen LogP contribution is 2.30. The second kappa shape index (κ2) is 5.82. The monoisotopic (exact) mass is 357 g/mol. The second-order valence-corrected chi connectivity index (χ2v) is 7.92. The molecule has 1 aromatic heterocycles. The molecule has 0 saturated carbocycles. The molecule has 9 heteroatoms. The number of fused-ring (bicyclic) bond motifs is 1. The van der Waals surface area contributed by atoms with Gasteiger partial charge in [-0.05, 0) is 23.6 Å². The minimum Gasteiger partial charge on any atom is -0.312 e. The van der Waals surface area contributed by atoms with Crippen molar-refractivity contribution in [1.82, 2.24) is 0 Å². The first-order valence-corrected chi connectivity index (χ1v) is 8.96.